The van der Waals surface area contributed by atoms with Crippen molar-refractivity contribution < 1.29 is 9.53 Å². The lowest BCUT2D eigenvalue weighted by atomic mass is 10.1. The van der Waals surface area contributed by atoms with Gasteiger partial charge in [0.15, 0.2) is 0 Å². The lowest BCUT2D eigenvalue weighted by Gasteiger charge is -2.29. The smallest absolute Gasteiger partial charge is 0.348 e. The second kappa shape index (κ2) is 7.18. The van der Waals surface area contributed by atoms with Crippen LogP contribution in [-0.4, -0.2) is 35.6 Å². The second-order valence-corrected chi connectivity index (χ2v) is 5.79. The average molecular weight is 338 g/mol. The van der Waals surface area contributed by atoms with Crippen LogP contribution < -0.4 is 10.5 Å². The molecule has 0 atom stereocenters. The van der Waals surface area contributed by atoms with Gasteiger partial charge in [0.1, 0.15) is 23.1 Å². The highest BCUT2D eigenvalue weighted by Gasteiger charge is 2.21. The van der Waals surface area contributed by atoms with E-state index in [-0.39, 0.29) is 16.7 Å². The van der Waals surface area contributed by atoms with E-state index in [0.717, 1.165) is 32.4 Å². The van der Waals surface area contributed by atoms with Crippen LogP contribution >= 0.6 is 0 Å². The Morgan fingerprint density at radius 3 is 2.76 bits per heavy atom. The maximum absolute atomic E-state index is 12.9. The minimum atomic E-state index is -0.773. The summed E-state index contributed by atoms with van der Waals surface area (Å²) in [5.74, 6) is -0.266. The maximum Gasteiger partial charge on any atom is 0.348 e. The molecule has 3 rings (SSSR count). The van der Waals surface area contributed by atoms with Crippen LogP contribution in [-0.2, 0) is 9.53 Å². The number of carbonyl (C=O) groups excluding carboxylic acids is 1. The van der Waals surface area contributed by atoms with Crippen LogP contribution in [0.3, 0.4) is 0 Å². The second-order valence-electron chi connectivity index (χ2n) is 5.79. The van der Waals surface area contributed by atoms with Gasteiger partial charge >= 0.3 is 5.97 Å². The molecular formula is C18H18N4O3. The number of piperidine rings is 1. The highest BCUT2D eigenvalue weighted by atomic mass is 16.5. The molecule has 0 aromatic carbocycles. The number of rotatable bonds is 3. The van der Waals surface area contributed by atoms with Crippen LogP contribution in [0.25, 0.3) is 11.7 Å². The van der Waals surface area contributed by atoms with Crippen molar-refractivity contribution >= 4 is 23.5 Å². The van der Waals surface area contributed by atoms with Crippen molar-refractivity contribution in [3.63, 3.8) is 0 Å². The van der Waals surface area contributed by atoms with Crippen LogP contribution in [0.5, 0.6) is 0 Å². The Labute approximate surface area is 144 Å². The van der Waals surface area contributed by atoms with E-state index in [4.69, 9.17) is 0 Å². The van der Waals surface area contributed by atoms with Gasteiger partial charge in [-0.05, 0) is 37.5 Å². The first-order valence-electron chi connectivity index (χ1n) is 8.12. The van der Waals surface area contributed by atoms with Crippen molar-refractivity contribution in [3.8, 4) is 6.07 Å². The zero-order chi connectivity index (χ0) is 17.8. The van der Waals surface area contributed by atoms with Gasteiger partial charge in [-0.15, -0.1) is 0 Å². The fraction of sp³-hybridized carbons (Fsp3) is 0.333. The van der Waals surface area contributed by atoms with Crippen molar-refractivity contribution in [2.75, 3.05) is 25.1 Å². The fourth-order valence-corrected chi connectivity index (χ4v) is 2.96. The molecule has 3 heterocycles. The fourth-order valence-electron chi connectivity index (χ4n) is 2.96. The van der Waals surface area contributed by atoms with Gasteiger partial charge in [-0.2, -0.15) is 5.26 Å². The van der Waals surface area contributed by atoms with E-state index >= 15 is 0 Å². The molecule has 0 unspecified atom stereocenters. The van der Waals surface area contributed by atoms with Gasteiger partial charge in [-0.3, -0.25) is 9.20 Å². The molecule has 0 aliphatic carbocycles. The molecule has 7 heteroatoms. The molecule has 0 saturated carbocycles. The molecule has 128 valence electrons. The first kappa shape index (κ1) is 16.7. The van der Waals surface area contributed by atoms with Crippen LogP contribution in [0.15, 0.2) is 34.8 Å². The highest BCUT2D eigenvalue weighted by molar-refractivity contribution is 5.98. The van der Waals surface area contributed by atoms with Crippen LogP contribution in [0, 0.1) is 11.3 Å². The van der Waals surface area contributed by atoms with Crippen molar-refractivity contribution in [1.29, 1.82) is 5.26 Å². The van der Waals surface area contributed by atoms with Crippen molar-refractivity contribution in [2.45, 2.75) is 19.3 Å². The largest absolute Gasteiger partial charge is 0.465 e. The van der Waals surface area contributed by atoms with Crippen molar-refractivity contribution in [2.24, 2.45) is 0 Å². The van der Waals surface area contributed by atoms with Gasteiger partial charge in [0.25, 0.3) is 5.56 Å². The molecule has 0 bridgehead atoms. The Bertz CT molecular complexity index is 933. The summed E-state index contributed by atoms with van der Waals surface area (Å²) in [5.41, 5.74) is 0.215. The zero-order valence-corrected chi connectivity index (χ0v) is 13.9. The minimum absolute atomic E-state index is 0.226. The number of nitrogens with zero attached hydrogens (tertiary/aromatic N) is 4. The number of nitriles is 1. The van der Waals surface area contributed by atoms with E-state index in [1.165, 1.54) is 17.6 Å². The number of hydrogen-bond acceptors (Lipinski definition) is 6. The number of esters is 1. The molecule has 2 aromatic rings. The Hall–Kier alpha value is -3.14. The Balaban J connectivity index is 2.25. The SMILES string of the molecule is COC(=O)/C(C#N)=C/c1c(N2CCCCC2)nc2ccccn2c1=O. The molecule has 0 radical (unpaired) electrons. The van der Waals surface area contributed by atoms with E-state index in [1.54, 1.807) is 24.4 Å². The third-order valence-corrected chi connectivity index (χ3v) is 4.22. The van der Waals surface area contributed by atoms with E-state index in [1.807, 2.05) is 11.0 Å². The lowest BCUT2D eigenvalue weighted by molar-refractivity contribution is -0.135. The number of pyridine rings is 1. The maximum atomic E-state index is 12.9. The van der Waals surface area contributed by atoms with Crippen LogP contribution in [0.4, 0.5) is 5.82 Å². The van der Waals surface area contributed by atoms with E-state index < -0.39 is 5.97 Å². The molecule has 7 nitrogen and oxygen atoms in total. The highest BCUT2D eigenvalue weighted by Crippen LogP contribution is 2.23. The predicted molar refractivity (Wildman–Crippen MR) is 93.1 cm³/mol. The van der Waals surface area contributed by atoms with E-state index in [9.17, 15) is 14.9 Å². The van der Waals surface area contributed by atoms with E-state index in [2.05, 4.69) is 9.72 Å². The number of anilines is 1. The summed E-state index contributed by atoms with van der Waals surface area (Å²) in [7, 11) is 1.20. The van der Waals surface area contributed by atoms with Gasteiger partial charge < -0.3 is 9.64 Å². The van der Waals surface area contributed by atoms with Crippen molar-refractivity contribution in [1.82, 2.24) is 9.38 Å². The molecular weight excluding hydrogens is 320 g/mol. The summed E-state index contributed by atoms with van der Waals surface area (Å²) in [5, 5.41) is 9.23. The summed E-state index contributed by atoms with van der Waals surface area (Å²) < 4.78 is 6.02. The Morgan fingerprint density at radius 2 is 2.08 bits per heavy atom. The number of methoxy groups -OCH3 is 1. The van der Waals surface area contributed by atoms with E-state index in [0.29, 0.717) is 11.5 Å². The first-order valence-corrected chi connectivity index (χ1v) is 8.12. The van der Waals surface area contributed by atoms with Crippen LogP contribution in [0.2, 0.25) is 0 Å². The quantitative estimate of drug-likeness (QED) is 0.481. The normalized spacial score (nSPS) is 15.0. The topological polar surface area (TPSA) is 87.7 Å². The number of fused-ring (bicyclic) bond motifs is 1. The van der Waals surface area contributed by atoms with Crippen LogP contribution in [0.1, 0.15) is 24.8 Å². The third-order valence-electron chi connectivity index (χ3n) is 4.22. The van der Waals surface area contributed by atoms with Gasteiger partial charge in [-0.25, -0.2) is 9.78 Å². The van der Waals surface area contributed by atoms with Gasteiger partial charge in [0.2, 0.25) is 0 Å². The summed E-state index contributed by atoms with van der Waals surface area (Å²) in [6, 6.07) is 7.10. The standard InChI is InChI=1S/C18H18N4O3/c1-25-18(24)13(12-19)11-14-16(21-8-4-2-5-9-21)20-15-7-3-6-10-22(15)17(14)23/h3,6-7,10-11H,2,4-5,8-9H2,1H3/b13-11+. The summed E-state index contributed by atoms with van der Waals surface area (Å²) in [6.07, 6.45) is 6.07. The van der Waals surface area contributed by atoms with Gasteiger partial charge in [0.05, 0.1) is 12.7 Å². The van der Waals surface area contributed by atoms with Gasteiger partial charge in [-0.1, -0.05) is 6.07 Å². The minimum Gasteiger partial charge on any atom is -0.465 e. The predicted octanol–water partition coefficient (Wildman–Crippen LogP) is 1.76. The molecule has 1 aliphatic heterocycles. The molecule has 2 aromatic heterocycles. The number of hydrogen-bond donors (Lipinski definition) is 0. The summed E-state index contributed by atoms with van der Waals surface area (Å²) >= 11 is 0. The molecule has 0 N–H and O–H groups in total. The molecule has 1 aliphatic rings. The Kier molecular flexibility index (Phi) is 4.80. The summed E-state index contributed by atoms with van der Waals surface area (Å²) in [6.45, 7) is 1.58. The van der Waals surface area contributed by atoms with Gasteiger partial charge in [0, 0.05) is 19.3 Å². The molecule has 0 amide bonds. The summed E-state index contributed by atoms with van der Waals surface area (Å²) in [4.78, 5) is 31.4. The monoisotopic (exact) mass is 338 g/mol. The number of ether oxygens (including phenoxy) is 1. The third kappa shape index (κ3) is 3.24. The number of aromatic nitrogens is 2. The molecule has 0 spiro atoms. The molecule has 1 fully saturated rings. The molecule has 25 heavy (non-hydrogen) atoms. The average Bonchev–Trinajstić information content (AvgIpc) is 2.67. The lowest BCUT2D eigenvalue weighted by Crippen LogP contribution is -2.33. The zero-order valence-electron chi connectivity index (χ0n) is 13.9. The first-order chi connectivity index (χ1) is 12.2. The number of carbonyl (C=O) groups is 1. The van der Waals surface area contributed by atoms with Crippen molar-refractivity contribution in [3.05, 3.63) is 45.9 Å². The Morgan fingerprint density at radius 1 is 1.32 bits per heavy atom. The molecule has 1 saturated heterocycles.